The SMILES string of the molecule is CCOCCOc1ccc(OCC(=O)Nc2ccc(CC)cc2)cc1. The Morgan fingerprint density at radius 3 is 2.12 bits per heavy atom. The van der Waals surface area contributed by atoms with Crippen molar-refractivity contribution in [2.75, 3.05) is 31.7 Å². The van der Waals surface area contributed by atoms with E-state index in [-0.39, 0.29) is 12.5 Å². The van der Waals surface area contributed by atoms with Crippen molar-refractivity contribution in [2.45, 2.75) is 20.3 Å². The van der Waals surface area contributed by atoms with E-state index >= 15 is 0 Å². The molecule has 0 spiro atoms. The number of nitrogens with one attached hydrogen (secondary N) is 1. The van der Waals surface area contributed by atoms with Crippen LogP contribution in [0.25, 0.3) is 0 Å². The number of amides is 1. The summed E-state index contributed by atoms with van der Waals surface area (Å²) >= 11 is 0. The van der Waals surface area contributed by atoms with Gasteiger partial charge in [-0.2, -0.15) is 0 Å². The molecule has 0 unspecified atom stereocenters. The lowest BCUT2D eigenvalue weighted by atomic mass is 10.1. The lowest BCUT2D eigenvalue weighted by molar-refractivity contribution is -0.118. The van der Waals surface area contributed by atoms with Crippen molar-refractivity contribution in [3.05, 3.63) is 54.1 Å². The maximum atomic E-state index is 11.9. The van der Waals surface area contributed by atoms with Crippen LogP contribution in [0.3, 0.4) is 0 Å². The van der Waals surface area contributed by atoms with E-state index in [2.05, 4.69) is 12.2 Å². The molecule has 2 rings (SSSR count). The van der Waals surface area contributed by atoms with Gasteiger partial charge >= 0.3 is 0 Å². The number of hydrogen-bond donors (Lipinski definition) is 1. The first kappa shape index (κ1) is 18.8. The van der Waals surface area contributed by atoms with E-state index in [0.717, 1.165) is 17.9 Å². The number of benzene rings is 2. The van der Waals surface area contributed by atoms with E-state index in [1.54, 1.807) is 12.1 Å². The predicted molar refractivity (Wildman–Crippen MR) is 98.4 cm³/mol. The fourth-order valence-corrected chi connectivity index (χ4v) is 2.16. The summed E-state index contributed by atoms with van der Waals surface area (Å²) in [6.45, 7) is 5.75. The summed E-state index contributed by atoms with van der Waals surface area (Å²) in [7, 11) is 0. The first-order valence-corrected chi connectivity index (χ1v) is 8.53. The van der Waals surface area contributed by atoms with Gasteiger partial charge in [-0.1, -0.05) is 19.1 Å². The summed E-state index contributed by atoms with van der Waals surface area (Å²) < 4.78 is 16.2. The summed E-state index contributed by atoms with van der Waals surface area (Å²) in [5.41, 5.74) is 2.00. The Morgan fingerprint density at radius 1 is 0.880 bits per heavy atom. The van der Waals surface area contributed by atoms with Gasteiger partial charge in [-0.15, -0.1) is 0 Å². The molecule has 25 heavy (non-hydrogen) atoms. The zero-order valence-corrected chi connectivity index (χ0v) is 14.8. The van der Waals surface area contributed by atoms with Gasteiger partial charge in [0.05, 0.1) is 6.61 Å². The molecule has 0 heterocycles. The Balaban J connectivity index is 1.73. The second-order valence-electron chi connectivity index (χ2n) is 5.40. The number of aryl methyl sites for hydroxylation is 1. The van der Waals surface area contributed by atoms with Gasteiger partial charge in [0, 0.05) is 12.3 Å². The third-order valence-electron chi connectivity index (χ3n) is 3.54. The van der Waals surface area contributed by atoms with Crippen LogP contribution in [0, 0.1) is 0 Å². The van der Waals surface area contributed by atoms with Gasteiger partial charge in [0.25, 0.3) is 5.91 Å². The zero-order chi connectivity index (χ0) is 17.9. The summed E-state index contributed by atoms with van der Waals surface area (Å²) in [4.78, 5) is 11.9. The molecule has 0 aliphatic rings. The maximum absolute atomic E-state index is 11.9. The predicted octanol–water partition coefficient (Wildman–Crippen LogP) is 3.68. The summed E-state index contributed by atoms with van der Waals surface area (Å²) in [6, 6.07) is 15.0. The third kappa shape index (κ3) is 6.85. The second kappa shape index (κ2) is 10.4. The van der Waals surface area contributed by atoms with Crippen molar-refractivity contribution in [1.82, 2.24) is 0 Å². The fraction of sp³-hybridized carbons (Fsp3) is 0.350. The number of rotatable bonds is 10. The Kier molecular flexibility index (Phi) is 7.79. The number of carbonyl (C=O) groups is 1. The van der Waals surface area contributed by atoms with Crippen LogP contribution in [-0.4, -0.2) is 32.3 Å². The van der Waals surface area contributed by atoms with Crippen LogP contribution in [0.2, 0.25) is 0 Å². The monoisotopic (exact) mass is 343 g/mol. The van der Waals surface area contributed by atoms with Gasteiger partial charge in [-0.3, -0.25) is 4.79 Å². The first-order valence-electron chi connectivity index (χ1n) is 8.53. The fourth-order valence-electron chi connectivity index (χ4n) is 2.16. The van der Waals surface area contributed by atoms with Crippen LogP contribution in [0.5, 0.6) is 11.5 Å². The molecule has 1 amide bonds. The quantitative estimate of drug-likeness (QED) is 0.669. The molecule has 0 fully saturated rings. The maximum Gasteiger partial charge on any atom is 0.262 e. The highest BCUT2D eigenvalue weighted by molar-refractivity contribution is 5.91. The molecule has 0 aliphatic heterocycles. The largest absolute Gasteiger partial charge is 0.491 e. The number of ether oxygens (including phenoxy) is 3. The molecule has 1 N–H and O–H groups in total. The highest BCUT2D eigenvalue weighted by Gasteiger charge is 2.04. The Morgan fingerprint density at radius 2 is 1.52 bits per heavy atom. The molecule has 2 aromatic carbocycles. The molecule has 0 saturated carbocycles. The molecular weight excluding hydrogens is 318 g/mol. The highest BCUT2D eigenvalue weighted by Crippen LogP contribution is 2.17. The second-order valence-corrected chi connectivity index (χ2v) is 5.40. The van der Waals surface area contributed by atoms with Crippen LogP contribution in [0.4, 0.5) is 5.69 Å². The van der Waals surface area contributed by atoms with Crippen LogP contribution in [0.15, 0.2) is 48.5 Å². The number of hydrogen-bond acceptors (Lipinski definition) is 4. The summed E-state index contributed by atoms with van der Waals surface area (Å²) in [5, 5.41) is 2.81. The lowest BCUT2D eigenvalue weighted by Crippen LogP contribution is -2.20. The van der Waals surface area contributed by atoms with E-state index < -0.39 is 0 Å². The zero-order valence-electron chi connectivity index (χ0n) is 14.8. The molecular formula is C20H25NO4. The molecule has 0 aliphatic carbocycles. The topological polar surface area (TPSA) is 56.8 Å². The van der Waals surface area contributed by atoms with E-state index in [1.165, 1.54) is 5.56 Å². The van der Waals surface area contributed by atoms with Crippen molar-refractivity contribution in [3.63, 3.8) is 0 Å². The smallest absolute Gasteiger partial charge is 0.262 e. The molecule has 5 heteroatoms. The van der Waals surface area contributed by atoms with Gasteiger partial charge in [0.15, 0.2) is 6.61 Å². The van der Waals surface area contributed by atoms with Gasteiger partial charge in [0.2, 0.25) is 0 Å². The summed E-state index contributed by atoms with van der Waals surface area (Å²) in [5.74, 6) is 1.17. The minimum absolute atomic E-state index is 0.0416. The van der Waals surface area contributed by atoms with E-state index in [0.29, 0.717) is 25.6 Å². The highest BCUT2D eigenvalue weighted by atomic mass is 16.5. The van der Waals surface area contributed by atoms with Crippen LogP contribution >= 0.6 is 0 Å². The van der Waals surface area contributed by atoms with E-state index in [9.17, 15) is 4.79 Å². The van der Waals surface area contributed by atoms with Gasteiger partial charge in [0.1, 0.15) is 18.1 Å². The van der Waals surface area contributed by atoms with Crippen molar-refractivity contribution in [2.24, 2.45) is 0 Å². The van der Waals surface area contributed by atoms with E-state index in [1.807, 2.05) is 43.3 Å². The number of carbonyl (C=O) groups excluding carboxylic acids is 1. The molecule has 0 saturated heterocycles. The van der Waals surface area contributed by atoms with Crippen molar-refractivity contribution in [3.8, 4) is 11.5 Å². The standard InChI is InChI=1S/C20H25NO4/c1-3-16-5-7-17(8-6-16)21-20(22)15-25-19-11-9-18(10-12-19)24-14-13-23-4-2/h5-12H,3-4,13-15H2,1-2H3,(H,21,22). The van der Waals surface area contributed by atoms with Crippen molar-refractivity contribution in [1.29, 1.82) is 0 Å². The molecule has 134 valence electrons. The minimum atomic E-state index is -0.193. The van der Waals surface area contributed by atoms with Crippen LogP contribution < -0.4 is 14.8 Å². The van der Waals surface area contributed by atoms with Gasteiger partial charge in [-0.05, 0) is 55.3 Å². The Labute approximate surface area is 148 Å². The minimum Gasteiger partial charge on any atom is -0.491 e. The molecule has 0 aromatic heterocycles. The molecule has 5 nitrogen and oxygen atoms in total. The Bertz CT molecular complexity index is 638. The summed E-state index contributed by atoms with van der Waals surface area (Å²) in [6.07, 6.45) is 0.975. The van der Waals surface area contributed by atoms with E-state index in [4.69, 9.17) is 14.2 Å². The van der Waals surface area contributed by atoms with Crippen molar-refractivity contribution < 1.29 is 19.0 Å². The average Bonchev–Trinajstić information content (AvgIpc) is 2.65. The molecule has 0 bridgehead atoms. The van der Waals surface area contributed by atoms with Crippen molar-refractivity contribution >= 4 is 11.6 Å². The van der Waals surface area contributed by atoms with Crippen LogP contribution in [-0.2, 0) is 16.0 Å². The lowest BCUT2D eigenvalue weighted by Gasteiger charge is -2.09. The average molecular weight is 343 g/mol. The third-order valence-corrected chi connectivity index (χ3v) is 3.54. The molecule has 2 aromatic rings. The molecule has 0 atom stereocenters. The van der Waals surface area contributed by atoms with Gasteiger partial charge < -0.3 is 19.5 Å². The van der Waals surface area contributed by atoms with Crippen LogP contribution in [0.1, 0.15) is 19.4 Å². The molecule has 0 radical (unpaired) electrons. The first-order chi connectivity index (χ1) is 12.2. The Hall–Kier alpha value is -2.53. The number of anilines is 1. The normalized spacial score (nSPS) is 10.3. The van der Waals surface area contributed by atoms with Gasteiger partial charge in [-0.25, -0.2) is 0 Å².